The summed E-state index contributed by atoms with van der Waals surface area (Å²) in [4.78, 5) is 9.09. The van der Waals surface area contributed by atoms with Crippen molar-refractivity contribution in [3.63, 3.8) is 0 Å². The van der Waals surface area contributed by atoms with Crippen LogP contribution in [0.3, 0.4) is 0 Å². The van der Waals surface area contributed by atoms with E-state index < -0.39 is 0 Å². The van der Waals surface area contributed by atoms with Gasteiger partial charge < -0.3 is 15.4 Å². The number of benzene rings is 1. The number of hydrogen-bond acceptors (Lipinski definition) is 4. The van der Waals surface area contributed by atoms with Gasteiger partial charge in [0, 0.05) is 31.4 Å². The number of ether oxygens (including phenoxy) is 1. The van der Waals surface area contributed by atoms with E-state index in [9.17, 15) is 0 Å². The molecule has 0 spiro atoms. The minimum absolute atomic E-state index is 0.729. The first-order chi connectivity index (χ1) is 11.7. The van der Waals surface area contributed by atoms with Gasteiger partial charge in [0.1, 0.15) is 5.75 Å². The van der Waals surface area contributed by atoms with Crippen LogP contribution in [0.4, 0.5) is 0 Å². The number of nitrogens with zero attached hydrogens (tertiary/aromatic N) is 2. The molecule has 0 atom stereocenters. The van der Waals surface area contributed by atoms with E-state index in [0.29, 0.717) is 0 Å². The highest BCUT2D eigenvalue weighted by Gasteiger charge is 2.03. The maximum Gasteiger partial charge on any atom is 0.191 e. The quantitative estimate of drug-likeness (QED) is 0.570. The normalized spacial score (nSPS) is 11.4. The third kappa shape index (κ3) is 5.85. The van der Waals surface area contributed by atoms with Crippen LogP contribution in [0.2, 0.25) is 0 Å². The van der Waals surface area contributed by atoms with Crippen LogP contribution in [-0.2, 0) is 12.8 Å². The Kier molecular flexibility index (Phi) is 7.55. The summed E-state index contributed by atoms with van der Waals surface area (Å²) in [6, 6.07) is 8.11. The van der Waals surface area contributed by atoms with Gasteiger partial charge in [-0.05, 0) is 31.9 Å². The molecule has 0 saturated heterocycles. The number of methoxy groups -OCH3 is 1. The fourth-order valence-electron chi connectivity index (χ4n) is 2.37. The monoisotopic (exact) mass is 346 g/mol. The van der Waals surface area contributed by atoms with Gasteiger partial charge in [-0.1, -0.05) is 18.2 Å². The lowest BCUT2D eigenvalue weighted by Crippen LogP contribution is -2.38. The molecule has 0 saturated carbocycles. The Morgan fingerprint density at radius 2 is 2.08 bits per heavy atom. The molecule has 0 aliphatic heterocycles. The van der Waals surface area contributed by atoms with Crippen molar-refractivity contribution in [3.05, 3.63) is 45.9 Å². The molecule has 5 nitrogen and oxygen atoms in total. The van der Waals surface area contributed by atoms with Crippen LogP contribution in [0.25, 0.3) is 0 Å². The van der Waals surface area contributed by atoms with Crippen molar-refractivity contribution >= 4 is 17.3 Å². The molecular weight excluding hydrogens is 320 g/mol. The fourth-order valence-corrected chi connectivity index (χ4v) is 3.02. The summed E-state index contributed by atoms with van der Waals surface area (Å²) in [5.41, 5.74) is 2.31. The van der Waals surface area contributed by atoms with Crippen LogP contribution in [0.15, 0.2) is 34.6 Å². The molecule has 0 aliphatic rings. The molecule has 2 N–H and O–H groups in total. The first-order valence-electron chi connectivity index (χ1n) is 8.28. The first kappa shape index (κ1) is 18.3. The summed E-state index contributed by atoms with van der Waals surface area (Å²) < 4.78 is 5.39. The minimum Gasteiger partial charge on any atom is -0.496 e. The highest BCUT2D eigenvalue weighted by molar-refractivity contribution is 7.09. The van der Waals surface area contributed by atoms with Crippen molar-refractivity contribution in [1.29, 1.82) is 0 Å². The van der Waals surface area contributed by atoms with Crippen LogP contribution in [0, 0.1) is 6.92 Å². The zero-order valence-corrected chi connectivity index (χ0v) is 15.4. The van der Waals surface area contributed by atoms with E-state index in [4.69, 9.17) is 4.74 Å². The van der Waals surface area contributed by atoms with Crippen LogP contribution >= 0.6 is 11.3 Å². The number of thiazole rings is 1. The summed E-state index contributed by atoms with van der Waals surface area (Å²) in [6.07, 6.45) is 1.76. The number of aliphatic imine (C=N–C) groups is 1. The van der Waals surface area contributed by atoms with Crippen LogP contribution < -0.4 is 15.4 Å². The third-order valence-electron chi connectivity index (χ3n) is 3.53. The van der Waals surface area contributed by atoms with Crippen LogP contribution in [0.1, 0.15) is 23.2 Å². The molecule has 0 amide bonds. The van der Waals surface area contributed by atoms with Crippen molar-refractivity contribution in [3.8, 4) is 5.75 Å². The average Bonchev–Trinajstić information content (AvgIpc) is 3.00. The van der Waals surface area contributed by atoms with Gasteiger partial charge in [-0.25, -0.2) is 4.98 Å². The SMILES string of the molecule is CCNC(=NCCc1csc(C)n1)NCCc1ccccc1OC. The van der Waals surface area contributed by atoms with Crippen LogP contribution in [0.5, 0.6) is 5.75 Å². The van der Waals surface area contributed by atoms with Gasteiger partial charge >= 0.3 is 0 Å². The second-order valence-electron chi connectivity index (χ2n) is 5.36. The minimum atomic E-state index is 0.729. The summed E-state index contributed by atoms with van der Waals surface area (Å²) in [6.45, 7) is 6.48. The molecule has 0 aliphatic carbocycles. The molecule has 1 aromatic carbocycles. The summed E-state index contributed by atoms with van der Waals surface area (Å²) >= 11 is 1.69. The van der Waals surface area contributed by atoms with Gasteiger partial charge in [0.05, 0.1) is 17.8 Å². The van der Waals surface area contributed by atoms with Crippen molar-refractivity contribution in [2.24, 2.45) is 4.99 Å². The Bertz CT molecular complexity index is 654. The summed E-state index contributed by atoms with van der Waals surface area (Å²) in [5, 5.41) is 9.87. The lowest BCUT2D eigenvalue weighted by atomic mass is 10.1. The molecule has 6 heteroatoms. The summed E-state index contributed by atoms with van der Waals surface area (Å²) in [7, 11) is 1.71. The van der Waals surface area contributed by atoms with E-state index in [1.165, 1.54) is 5.56 Å². The number of guanidine groups is 1. The predicted molar refractivity (Wildman–Crippen MR) is 101 cm³/mol. The Hall–Kier alpha value is -2.08. The molecule has 2 rings (SSSR count). The second kappa shape index (κ2) is 9.93. The van der Waals surface area contributed by atoms with Crippen LogP contribution in [-0.4, -0.2) is 37.7 Å². The number of aryl methyl sites for hydroxylation is 1. The van der Waals surface area contributed by atoms with E-state index >= 15 is 0 Å². The van der Waals surface area contributed by atoms with E-state index in [1.54, 1.807) is 18.4 Å². The van der Waals surface area contributed by atoms with Gasteiger partial charge in [0.15, 0.2) is 5.96 Å². The molecule has 0 fully saturated rings. The van der Waals surface area contributed by atoms with Crippen molar-refractivity contribution in [2.75, 3.05) is 26.7 Å². The summed E-state index contributed by atoms with van der Waals surface area (Å²) in [5.74, 6) is 1.78. The van der Waals surface area contributed by atoms with E-state index in [-0.39, 0.29) is 0 Å². The molecule has 0 bridgehead atoms. The predicted octanol–water partition coefficient (Wildman–Crippen LogP) is 2.80. The Morgan fingerprint density at radius 3 is 2.79 bits per heavy atom. The second-order valence-corrected chi connectivity index (χ2v) is 6.42. The highest BCUT2D eigenvalue weighted by Crippen LogP contribution is 2.17. The lowest BCUT2D eigenvalue weighted by molar-refractivity contribution is 0.409. The van der Waals surface area contributed by atoms with Gasteiger partial charge in [0.25, 0.3) is 0 Å². The molecule has 1 heterocycles. The molecule has 130 valence electrons. The molecular formula is C18H26N4OS. The maximum atomic E-state index is 5.39. The zero-order chi connectivity index (χ0) is 17.2. The van der Waals surface area contributed by atoms with E-state index in [0.717, 1.165) is 54.9 Å². The van der Waals surface area contributed by atoms with Crippen molar-refractivity contribution < 1.29 is 4.74 Å². The fraction of sp³-hybridized carbons (Fsp3) is 0.444. The molecule has 0 unspecified atom stereocenters. The Labute approximate surface area is 148 Å². The van der Waals surface area contributed by atoms with Gasteiger partial charge in [-0.3, -0.25) is 4.99 Å². The smallest absolute Gasteiger partial charge is 0.191 e. The van der Waals surface area contributed by atoms with Gasteiger partial charge in [-0.2, -0.15) is 0 Å². The molecule has 1 aromatic heterocycles. The Morgan fingerprint density at radius 1 is 1.25 bits per heavy atom. The standard InChI is InChI=1S/C18H26N4OS/c1-4-19-18(21-12-10-16-13-24-14(2)22-16)20-11-9-15-7-5-6-8-17(15)23-3/h5-8,13H,4,9-12H2,1-3H3,(H2,19,20,21). The average molecular weight is 347 g/mol. The molecule has 0 radical (unpaired) electrons. The van der Waals surface area contributed by atoms with Gasteiger partial charge in [-0.15, -0.1) is 11.3 Å². The largest absolute Gasteiger partial charge is 0.496 e. The number of aromatic nitrogens is 1. The number of para-hydroxylation sites is 1. The van der Waals surface area contributed by atoms with Crippen molar-refractivity contribution in [2.45, 2.75) is 26.7 Å². The highest BCUT2D eigenvalue weighted by atomic mass is 32.1. The maximum absolute atomic E-state index is 5.39. The molecule has 24 heavy (non-hydrogen) atoms. The van der Waals surface area contributed by atoms with E-state index in [1.807, 2.05) is 25.1 Å². The van der Waals surface area contributed by atoms with Gasteiger partial charge in [0.2, 0.25) is 0 Å². The Balaban J connectivity index is 1.82. The lowest BCUT2D eigenvalue weighted by Gasteiger charge is -2.12. The van der Waals surface area contributed by atoms with Crippen molar-refractivity contribution in [1.82, 2.24) is 15.6 Å². The zero-order valence-electron chi connectivity index (χ0n) is 14.6. The third-order valence-corrected chi connectivity index (χ3v) is 4.35. The number of rotatable bonds is 8. The molecule has 2 aromatic rings. The number of nitrogens with one attached hydrogen (secondary N) is 2. The topological polar surface area (TPSA) is 58.5 Å². The number of hydrogen-bond donors (Lipinski definition) is 2. The van der Waals surface area contributed by atoms with E-state index in [2.05, 4.69) is 39.0 Å². The first-order valence-corrected chi connectivity index (χ1v) is 9.16.